The summed E-state index contributed by atoms with van der Waals surface area (Å²) in [5.74, 6) is 0.686. The van der Waals surface area contributed by atoms with Crippen LogP contribution in [0.4, 0.5) is 5.95 Å². The molecule has 4 aromatic rings. The number of hydrogen-bond acceptors (Lipinski definition) is 7. The smallest absolute Gasteiger partial charge is 0.325 e. The first-order valence-electron chi connectivity index (χ1n) is 15.5. The topological polar surface area (TPSA) is 107 Å². The molecule has 1 N–H and O–H groups in total. The van der Waals surface area contributed by atoms with Crippen LogP contribution in [0.1, 0.15) is 51.7 Å². The second kappa shape index (κ2) is 14.6. The second-order valence-electron chi connectivity index (χ2n) is 11.7. The van der Waals surface area contributed by atoms with Gasteiger partial charge in [0.15, 0.2) is 0 Å². The van der Waals surface area contributed by atoms with Gasteiger partial charge in [-0.25, -0.2) is 14.2 Å². The van der Waals surface area contributed by atoms with Crippen LogP contribution in [-0.4, -0.2) is 37.6 Å². The summed E-state index contributed by atoms with van der Waals surface area (Å²) in [5.41, 5.74) is 3.51. The van der Waals surface area contributed by atoms with Gasteiger partial charge in [0.05, 0.1) is 36.7 Å². The first-order chi connectivity index (χ1) is 22.2. The molecule has 2 heterocycles. The third kappa shape index (κ3) is 7.21. The third-order valence-corrected chi connectivity index (χ3v) is 8.48. The Morgan fingerprint density at radius 2 is 1.91 bits per heavy atom. The van der Waals surface area contributed by atoms with E-state index in [0.717, 1.165) is 55.9 Å². The van der Waals surface area contributed by atoms with Gasteiger partial charge < -0.3 is 5.32 Å². The lowest BCUT2D eigenvalue weighted by Gasteiger charge is -2.20. The number of allylic oxidation sites excluding steroid dienone is 5. The monoisotopic (exact) mass is 633 g/mol. The number of anilines is 1. The van der Waals surface area contributed by atoms with Crippen molar-refractivity contribution in [1.29, 1.82) is 0 Å². The van der Waals surface area contributed by atoms with Crippen LogP contribution in [0, 0.1) is 5.92 Å². The van der Waals surface area contributed by atoms with E-state index in [-0.39, 0.29) is 18.5 Å². The molecule has 0 saturated heterocycles. The van der Waals surface area contributed by atoms with Gasteiger partial charge in [-0.2, -0.15) is 4.98 Å². The normalized spacial score (nSPS) is 15.5. The molecule has 0 saturated carbocycles. The van der Waals surface area contributed by atoms with Crippen LogP contribution in [-0.2, 0) is 13.1 Å². The van der Waals surface area contributed by atoms with E-state index in [0.29, 0.717) is 23.8 Å². The van der Waals surface area contributed by atoms with Crippen molar-refractivity contribution >= 4 is 43.7 Å². The molecule has 2 atom stereocenters. The minimum absolute atomic E-state index is 0.135. The number of nitrogens with zero attached hydrogens (tertiary/aromatic N) is 6. The molecule has 10 heteroatoms. The van der Waals surface area contributed by atoms with E-state index in [9.17, 15) is 9.59 Å². The van der Waals surface area contributed by atoms with E-state index < -0.39 is 11.4 Å². The zero-order valence-corrected chi connectivity index (χ0v) is 27.9. The number of nitrogens with one attached hydrogen (secondary N) is 1. The van der Waals surface area contributed by atoms with E-state index in [1.807, 2.05) is 73.7 Å². The molecule has 0 radical (unpaired) electrons. The van der Waals surface area contributed by atoms with Crippen molar-refractivity contribution in [1.82, 2.24) is 19.1 Å². The highest BCUT2D eigenvalue weighted by atomic mass is 31.0. The Morgan fingerprint density at radius 1 is 1.11 bits per heavy atom. The number of fused-ring (bicyclic) bond motifs is 1. The molecule has 0 fully saturated rings. The van der Waals surface area contributed by atoms with Crippen LogP contribution in [0.3, 0.4) is 0 Å². The molecule has 9 nitrogen and oxygen atoms in total. The van der Waals surface area contributed by atoms with E-state index >= 15 is 0 Å². The molecular formula is C36H40N7O2P. The van der Waals surface area contributed by atoms with Gasteiger partial charge in [0.2, 0.25) is 5.95 Å². The first-order valence-corrected chi connectivity index (χ1v) is 16.1. The summed E-state index contributed by atoms with van der Waals surface area (Å²) in [6.45, 7) is 12.8. The van der Waals surface area contributed by atoms with Gasteiger partial charge in [-0.3, -0.25) is 19.5 Å². The summed E-state index contributed by atoms with van der Waals surface area (Å²) in [5, 5.41) is 5.81. The molecule has 1 aliphatic rings. The summed E-state index contributed by atoms with van der Waals surface area (Å²) < 4.78 is 2.57. The Bertz CT molecular complexity index is 2010. The fourth-order valence-electron chi connectivity index (χ4n) is 5.58. The van der Waals surface area contributed by atoms with Crippen molar-refractivity contribution in [2.75, 3.05) is 5.32 Å². The minimum atomic E-state index is -0.702. The van der Waals surface area contributed by atoms with Crippen LogP contribution in [0.15, 0.2) is 110 Å². The summed E-state index contributed by atoms with van der Waals surface area (Å²) in [6.07, 6.45) is 13.1. The highest BCUT2D eigenvalue weighted by Crippen LogP contribution is 2.22. The van der Waals surface area contributed by atoms with Crippen molar-refractivity contribution in [3.63, 3.8) is 0 Å². The number of benzene rings is 2. The molecular weight excluding hydrogens is 593 g/mol. The molecule has 236 valence electrons. The molecule has 1 aliphatic carbocycles. The number of aromatic nitrogens is 4. The maximum Gasteiger partial charge on any atom is 0.359 e. The van der Waals surface area contributed by atoms with Crippen LogP contribution in [0.2, 0.25) is 0 Å². The predicted molar refractivity (Wildman–Crippen MR) is 193 cm³/mol. The second-order valence-corrected chi connectivity index (χ2v) is 12.3. The van der Waals surface area contributed by atoms with Crippen LogP contribution in [0.5, 0.6) is 0 Å². The summed E-state index contributed by atoms with van der Waals surface area (Å²) in [7, 11) is 2.71. The van der Waals surface area contributed by atoms with E-state index in [1.54, 1.807) is 6.20 Å². The Hall–Kier alpha value is -4.75. The van der Waals surface area contributed by atoms with Gasteiger partial charge in [-0.05, 0) is 72.6 Å². The Labute approximate surface area is 271 Å². The molecule has 2 aromatic heterocycles. The summed E-state index contributed by atoms with van der Waals surface area (Å²) >= 11 is 0. The molecule has 0 bridgehead atoms. The Balaban J connectivity index is 1.61. The number of pyridine rings is 1. The zero-order valence-electron chi connectivity index (χ0n) is 26.8. The Kier molecular flexibility index (Phi) is 10.3. The minimum Gasteiger partial charge on any atom is -0.325 e. The van der Waals surface area contributed by atoms with Crippen molar-refractivity contribution in [3.8, 4) is 5.69 Å². The van der Waals surface area contributed by atoms with Crippen LogP contribution in [0.25, 0.3) is 16.5 Å². The van der Waals surface area contributed by atoms with Crippen molar-refractivity contribution < 1.29 is 0 Å². The average molecular weight is 634 g/mol. The molecule has 0 aliphatic heterocycles. The van der Waals surface area contributed by atoms with Gasteiger partial charge in [-0.15, -0.1) is 9.24 Å². The maximum atomic E-state index is 14.3. The van der Waals surface area contributed by atoms with Crippen molar-refractivity contribution in [3.05, 3.63) is 123 Å². The number of aliphatic imine (C=N–C) groups is 2. The molecule has 2 aromatic carbocycles. The molecule has 2 unspecified atom stereocenters. The van der Waals surface area contributed by atoms with Gasteiger partial charge >= 0.3 is 11.4 Å². The molecule has 0 spiro atoms. The third-order valence-electron chi connectivity index (χ3n) is 7.92. The van der Waals surface area contributed by atoms with Crippen molar-refractivity contribution in [2.24, 2.45) is 15.9 Å². The number of rotatable bonds is 11. The SMILES string of the molecule is C=NCc1cc(Cn2c(NC3=CC(=C/C)/C(=N\C(CC)CC(C)C)C=C3)nc(=O)n(-c3cncc4ccccc34)c2=O)ccc1P. The standard InChI is InChI=1S/C36H40N7O2P/c1-6-25-18-29(13-14-31(25)39-28(7-2)16-23(3)4)40-34-41-35(44)43(32-21-38-20-26-10-8-9-11-30(26)32)36(45)42(34)22-24-12-15-33(46)27(17-24)19-37-5/h6,8-15,17-18,20-21,23,28H,5,7,16,19,22,46H2,1-4H3,(H,40,41,44)/b25-6-,39-31-. The van der Waals surface area contributed by atoms with Gasteiger partial charge in [-0.1, -0.05) is 69.3 Å². The quantitative estimate of drug-likeness (QED) is 0.167. The van der Waals surface area contributed by atoms with Crippen molar-refractivity contribution in [2.45, 2.75) is 59.7 Å². The van der Waals surface area contributed by atoms with Gasteiger partial charge in [0, 0.05) is 22.7 Å². The van der Waals surface area contributed by atoms with E-state index in [1.165, 1.54) is 10.8 Å². The average Bonchev–Trinajstić information content (AvgIpc) is 3.04. The predicted octanol–water partition coefficient (Wildman–Crippen LogP) is 5.77. The Morgan fingerprint density at radius 3 is 2.65 bits per heavy atom. The van der Waals surface area contributed by atoms with Crippen LogP contribution >= 0.6 is 9.24 Å². The van der Waals surface area contributed by atoms with Gasteiger partial charge in [0.1, 0.15) is 0 Å². The molecule has 46 heavy (non-hydrogen) atoms. The lowest BCUT2D eigenvalue weighted by Crippen LogP contribution is -2.42. The molecule has 0 amide bonds. The van der Waals surface area contributed by atoms with Gasteiger partial charge in [0.25, 0.3) is 0 Å². The molecule has 5 rings (SSSR count). The number of hydrogen-bond donors (Lipinski definition) is 1. The highest BCUT2D eigenvalue weighted by molar-refractivity contribution is 7.27. The lowest BCUT2D eigenvalue weighted by atomic mass is 9.99. The van der Waals surface area contributed by atoms with Crippen LogP contribution < -0.4 is 22.0 Å². The van der Waals surface area contributed by atoms with E-state index in [4.69, 9.17) is 4.99 Å². The zero-order chi connectivity index (χ0) is 32.8. The largest absolute Gasteiger partial charge is 0.359 e. The highest BCUT2D eigenvalue weighted by Gasteiger charge is 2.19. The fraction of sp³-hybridized carbons (Fsp3) is 0.278. The summed E-state index contributed by atoms with van der Waals surface area (Å²) in [6, 6.07) is 13.6. The fourth-order valence-corrected chi connectivity index (χ4v) is 5.85. The first kappa shape index (κ1) is 32.6. The maximum absolute atomic E-state index is 14.3. The van der Waals surface area contributed by atoms with E-state index in [2.05, 4.69) is 57.0 Å². The summed E-state index contributed by atoms with van der Waals surface area (Å²) in [4.78, 5) is 45.7. The lowest BCUT2D eigenvalue weighted by molar-refractivity contribution is 0.488.